The smallest absolute Gasteiger partial charge is 0.186 e. The molecule has 9 heteroatoms. The molecule has 0 aromatic heterocycles. The van der Waals surface area contributed by atoms with Crippen LogP contribution in [0.4, 0.5) is 0 Å². The van der Waals surface area contributed by atoms with Crippen LogP contribution in [0.1, 0.15) is 24.8 Å². The summed E-state index contributed by atoms with van der Waals surface area (Å²) >= 11 is 0. The van der Waals surface area contributed by atoms with Gasteiger partial charge in [-0.15, -0.1) is 0 Å². The van der Waals surface area contributed by atoms with Gasteiger partial charge in [0.2, 0.25) is 0 Å². The predicted octanol–water partition coefficient (Wildman–Crippen LogP) is 5.10. The highest BCUT2D eigenvalue weighted by molar-refractivity contribution is 5.79. The number of hydrogen-bond acceptors (Lipinski definition) is 9. The van der Waals surface area contributed by atoms with Crippen molar-refractivity contribution >= 4 is 22.2 Å². The van der Waals surface area contributed by atoms with Crippen LogP contribution < -0.4 is 15.6 Å². The second kappa shape index (κ2) is 9.51. The van der Waals surface area contributed by atoms with Crippen LogP contribution in [0.5, 0.6) is 17.2 Å². The minimum Gasteiger partial charge on any atom is -0.508 e. The molecular weight excluding hydrogens is 488 g/mol. The van der Waals surface area contributed by atoms with Crippen molar-refractivity contribution in [3.05, 3.63) is 86.7 Å². The first-order valence-electron chi connectivity index (χ1n) is 12.2. The van der Waals surface area contributed by atoms with Crippen molar-refractivity contribution in [2.45, 2.75) is 25.7 Å². The fourth-order valence-corrected chi connectivity index (χ4v) is 4.50. The Morgan fingerprint density at radius 3 is 1.97 bits per heavy atom. The fourth-order valence-electron chi connectivity index (χ4n) is 4.50. The summed E-state index contributed by atoms with van der Waals surface area (Å²) in [5, 5.41) is 19.4. The van der Waals surface area contributed by atoms with E-state index in [0.717, 1.165) is 24.8 Å². The van der Waals surface area contributed by atoms with Gasteiger partial charge in [-0.1, -0.05) is 0 Å². The van der Waals surface area contributed by atoms with Gasteiger partial charge in [0.1, 0.15) is 33.9 Å². The first-order chi connectivity index (χ1) is 18.4. The molecule has 38 heavy (non-hydrogen) atoms. The summed E-state index contributed by atoms with van der Waals surface area (Å²) in [7, 11) is 0. The van der Waals surface area contributed by atoms with Gasteiger partial charge in [0, 0.05) is 30.3 Å². The number of fused-ring (bicyclic) bond motifs is 4. The van der Waals surface area contributed by atoms with Gasteiger partial charge in [0.25, 0.3) is 0 Å². The van der Waals surface area contributed by atoms with Crippen molar-refractivity contribution in [2.24, 2.45) is 0 Å². The van der Waals surface area contributed by atoms with Crippen LogP contribution in [-0.4, -0.2) is 26.8 Å². The minimum atomic E-state index is -0.262. The van der Waals surface area contributed by atoms with E-state index in [1.807, 2.05) is 0 Å². The molecule has 2 N–H and O–H groups in total. The lowest BCUT2D eigenvalue weighted by Gasteiger charge is -2.13. The van der Waals surface area contributed by atoms with Gasteiger partial charge in [0.15, 0.2) is 39.3 Å². The van der Waals surface area contributed by atoms with Crippen LogP contribution in [0.2, 0.25) is 0 Å². The molecule has 2 heterocycles. The van der Waals surface area contributed by atoms with Crippen molar-refractivity contribution < 1.29 is 23.8 Å². The van der Waals surface area contributed by atoms with E-state index in [0.29, 0.717) is 58.1 Å². The molecule has 9 nitrogen and oxygen atoms in total. The summed E-state index contributed by atoms with van der Waals surface area (Å²) in [5.74, 6) is 1.14. The van der Waals surface area contributed by atoms with Gasteiger partial charge in [-0.3, -0.25) is 9.59 Å². The van der Waals surface area contributed by atoms with E-state index in [4.69, 9.17) is 13.6 Å². The summed E-state index contributed by atoms with van der Waals surface area (Å²) in [6.07, 6.45) is 2.97. The Kier molecular flexibility index (Phi) is 5.88. The number of unbranched alkanes of at least 4 members (excludes halogenated alkanes) is 2. The lowest BCUT2D eigenvalue weighted by Crippen LogP contribution is -2.07. The van der Waals surface area contributed by atoms with E-state index in [9.17, 15) is 19.8 Å². The molecule has 6 rings (SSSR count). The fraction of sp³-hybridized carbons (Fsp3) is 0.172. The van der Waals surface area contributed by atoms with Gasteiger partial charge >= 0.3 is 0 Å². The van der Waals surface area contributed by atoms with E-state index in [-0.39, 0.29) is 28.1 Å². The molecule has 4 aliphatic rings. The number of hydrogen-bond donors (Lipinski definition) is 2. The summed E-state index contributed by atoms with van der Waals surface area (Å²) in [4.78, 5) is 33.6. The number of phenols is 2. The molecular formula is C29H22N2O7. The number of nitrogens with zero attached hydrogens (tertiary/aromatic N) is 2. The van der Waals surface area contributed by atoms with Crippen molar-refractivity contribution in [3.8, 4) is 40.2 Å². The monoisotopic (exact) mass is 510 g/mol. The van der Waals surface area contributed by atoms with Gasteiger partial charge in [-0.2, -0.15) is 0 Å². The van der Waals surface area contributed by atoms with Gasteiger partial charge in [0.05, 0.1) is 6.61 Å². The number of ether oxygens (including phenoxy) is 1. The summed E-state index contributed by atoms with van der Waals surface area (Å²) < 4.78 is 17.5. The maximum absolute atomic E-state index is 12.2. The van der Waals surface area contributed by atoms with Crippen LogP contribution in [0.3, 0.4) is 0 Å². The number of benzene rings is 4. The largest absolute Gasteiger partial charge is 0.508 e. The summed E-state index contributed by atoms with van der Waals surface area (Å²) in [6, 6.07) is 15.0. The maximum atomic E-state index is 12.2. The van der Waals surface area contributed by atoms with Crippen molar-refractivity contribution in [1.29, 1.82) is 0 Å². The van der Waals surface area contributed by atoms with Gasteiger partial charge < -0.3 is 23.8 Å². The average Bonchev–Trinajstić information content (AvgIpc) is 2.88. The Morgan fingerprint density at radius 1 is 0.684 bits per heavy atom. The minimum absolute atomic E-state index is 0.0472. The highest BCUT2D eigenvalue weighted by atomic mass is 16.5. The van der Waals surface area contributed by atoms with Crippen LogP contribution in [0.25, 0.3) is 45.1 Å². The number of phenolic OH excluding ortho intramolecular Hbond substituents is 2. The van der Waals surface area contributed by atoms with Gasteiger partial charge in [-0.05, 0) is 61.6 Å². The normalized spacial score (nSPS) is 11.6. The third-order valence-corrected chi connectivity index (χ3v) is 6.28. The average molecular weight is 511 g/mol. The maximum Gasteiger partial charge on any atom is 0.186 e. The molecule has 190 valence electrons. The number of rotatable bonds is 7. The molecule has 0 unspecified atom stereocenters. The third kappa shape index (κ3) is 4.61. The Morgan fingerprint density at radius 2 is 1.29 bits per heavy atom. The molecule has 0 amide bonds. The zero-order valence-corrected chi connectivity index (χ0v) is 20.1. The molecule has 2 aromatic carbocycles. The van der Waals surface area contributed by atoms with E-state index in [1.54, 1.807) is 24.3 Å². The molecule has 0 radical (unpaired) electrons. The summed E-state index contributed by atoms with van der Waals surface area (Å²) in [6.45, 7) is 0.373. The molecule has 0 saturated heterocycles. The second-order valence-electron chi connectivity index (χ2n) is 9.09. The van der Waals surface area contributed by atoms with Crippen LogP contribution in [0, 0.1) is 0 Å². The summed E-state index contributed by atoms with van der Waals surface area (Å²) in [5.41, 5.74) is 3.38. The highest BCUT2D eigenvalue weighted by Crippen LogP contribution is 2.33. The molecule has 0 spiro atoms. The van der Waals surface area contributed by atoms with Crippen LogP contribution in [-0.2, 0) is 6.42 Å². The van der Waals surface area contributed by atoms with Crippen molar-refractivity contribution in [1.82, 2.24) is 9.97 Å². The van der Waals surface area contributed by atoms with Crippen LogP contribution >= 0.6 is 0 Å². The number of aromatic nitrogens is 2. The van der Waals surface area contributed by atoms with E-state index >= 15 is 0 Å². The van der Waals surface area contributed by atoms with E-state index in [1.165, 1.54) is 36.4 Å². The van der Waals surface area contributed by atoms with Crippen molar-refractivity contribution in [2.75, 3.05) is 6.61 Å². The van der Waals surface area contributed by atoms with Gasteiger partial charge in [-0.25, -0.2) is 9.97 Å². The standard InChI is InChI=1S/C29H22N2O7/c32-17-5-7-21-23(11-17)37-26-14-19(34)10-16(28(26)30-21)4-2-1-3-9-36-25-13-20(35)15-27-29(25)31-22-8-6-18(33)12-24(22)38-27/h5-8,10-15,32-33H,1-4,9H2. The third-order valence-electron chi connectivity index (χ3n) is 6.28. The second-order valence-corrected chi connectivity index (χ2v) is 9.09. The molecule has 2 aliphatic heterocycles. The Bertz CT molecular complexity index is 1720. The Balaban J connectivity index is 1.12. The van der Waals surface area contributed by atoms with E-state index < -0.39 is 0 Å². The van der Waals surface area contributed by atoms with Crippen LogP contribution in [0.15, 0.2) is 79.1 Å². The first kappa shape index (κ1) is 23.5. The molecule has 2 aliphatic carbocycles. The van der Waals surface area contributed by atoms with E-state index in [2.05, 4.69) is 9.97 Å². The quantitative estimate of drug-likeness (QED) is 0.222. The first-order valence-corrected chi connectivity index (χ1v) is 12.2. The molecule has 0 fully saturated rings. The lowest BCUT2D eigenvalue weighted by molar-refractivity contribution is 0.304. The highest BCUT2D eigenvalue weighted by Gasteiger charge is 2.18. The molecule has 0 bridgehead atoms. The topological polar surface area (TPSA) is 136 Å². The number of aryl methyl sites for hydroxylation is 1. The predicted molar refractivity (Wildman–Crippen MR) is 140 cm³/mol. The zero-order valence-electron chi connectivity index (χ0n) is 20.1. The lowest BCUT2D eigenvalue weighted by atomic mass is 10.0. The van der Waals surface area contributed by atoms with Crippen molar-refractivity contribution in [3.63, 3.8) is 0 Å². The zero-order chi connectivity index (χ0) is 26.2. The molecule has 0 atom stereocenters. The molecule has 0 saturated carbocycles. The SMILES string of the molecule is O=c1cc2oc3cc(O)ccc3nc-2c(CCCCCOc2cc(=O)cc3oc4cc(O)ccc4nc2-3)c1. The Hall–Kier alpha value is -4.92. The Labute approximate surface area is 215 Å². The molecule has 2 aromatic rings. The number of aromatic hydroxyl groups is 2.